The van der Waals surface area contributed by atoms with Crippen LogP contribution in [0.25, 0.3) is 0 Å². The smallest absolute Gasteiger partial charge is 0.373 e. The zero-order valence-corrected chi connectivity index (χ0v) is 21.3. The molecule has 8 heteroatoms. The number of hydrogen-bond acceptors (Lipinski definition) is 6. The van der Waals surface area contributed by atoms with Crippen LogP contribution < -0.4 is 10.6 Å². The lowest BCUT2D eigenvalue weighted by atomic mass is 9.90. The highest BCUT2D eigenvalue weighted by Crippen LogP contribution is 2.31. The Balaban J connectivity index is 0.000000629. The van der Waals surface area contributed by atoms with E-state index in [9.17, 15) is 4.79 Å². The van der Waals surface area contributed by atoms with Crippen LogP contribution >= 0.6 is 11.6 Å². The maximum absolute atomic E-state index is 9.37. The molecular formula is C26H36ClN3O4. The topological polar surface area (TPSA) is 108 Å². The highest BCUT2D eigenvalue weighted by atomic mass is 35.5. The Morgan fingerprint density at radius 1 is 1.18 bits per heavy atom. The van der Waals surface area contributed by atoms with Gasteiger partial charge in [0.1, 0.15) is 0 Å². The molecule has 0 saturated heterocycles. The number of carboxylic acid groups (broad SMARTS) is 1. The number of aliphatic carboxylic acids is 1. The van der Waals surface area contributed by atoms with Gasteiger partial charge in [-0.1, -0.05) is 51.4 Å². The molecule has 0 spiro atoms. The van der Waals surface area contributed by atoms with Gasteiger partial charge in [0.2, 0.25) is 0 Å². The van der Waals surface area contributed by atoms with E-state index >= 15 is 0 Å². The zero-order valence-electron chi connectivity index (χ0n) is 20.5. The van der Waals surface area contributed by atoms with Gasteiger partial charge in [-0.25, -0.2) is 0 Å². The van der Waals surface area contributed by atoms with E-state index in [0.717, 1.165) is 56.0 Å². The third kappa shape index (κ3) is 11.4. The van der Waals surface area contributed by atoms with Gasteiger partial charge in [0.25, 0.3) is 0 Å². The molecule has 1 aliphatic rings. The van der Waals surface area contributed by atoms with Crippen LogP contribution in [-0.4, -0.2) is 35.3 Å². The van der Waals surface area contributed by atoms with Crippen LogP contribution in [0.2, 0.25) is 5.02 Å². The number of carbonyl (C=O) groups is 1. The van der Waals surface area contributed by atoms with E-state index in [4.69, 9.17) is 26.3 Å². The fourth-order valence-electron chi connectivity index (χ4n) is 3.34. The summed E-state index contributed by atoms with van der Waals surface area (Å²) in [5, 5.41) is 15.6. The number of anilines is 1. The van der Waals surface area contributed by atoms with Gasteiger partial charge in [0.15, 0.2) is 0 Å². The highest BCUT2D eigenvalue weighted by Gasteiger charge is 2.15. The van der Waals surface area contributed by atoms with Gasteiger partial charge in [-0.15, -0.1) is 0 Å². The summed E-state index contributed by atoms with van der Waals surface area (Å²) in [6, 6.07) is 8.51. The lowest BCUT2D eigenvalue weighted by molar-refractivity contribution is -0.191. The number of aryl methyl sites for hydroxylation is 1. The molecule has 7 nitrogen and oxygen atoms in total. The van der Waals surface area contributed by atoms with Crippen molar-refractivity contribution in [1.29, 1.82) is 0 Å². The fraction of sp³-hybridized carbons (Fsp3) is 0.500. The van der Waals surface area contributed by atoms with Gasteiger partial charge in [0, 0.05) is 24.9 Å². The first kappa shape index (κ1) is 29.3. The largest absolute Gasteiger partial charge is 0.481 e. The van der Waals surface area contributed by atoms with Crippen LogP contribution in [0.4, 0.5) is 5.69 Å². The summed E-state index contributed by atoms with van der Waals surface area (Å²) in [7, 11) is 0. The number of rotatable bonds is 6. The normalized spacial score (nSPS) is 12.5. The number of fused-ring (bicyclic) bond motifs is 1. The first-order valence-electron chi connectivity index (χ1n) is 11.5. The second kappa shape index (κ2) is 15.2. The molecule has 3 rings (SSSR count). The van der Waals surface area contributed by atoms with E-state index in [0.29, 0.717) is 5.41 Å². The van der Waals surface area contributed by atoms with E-state index in [1.807, 2.05) is 12.3 Å². The summed E-state index contributed by atoms with van der Waals surface area (Å²) in [4.78, 5) is 30.3. The molecule has 1 aromatic heterocycles. The van der Waals surface area contributed by atoms with Crippen molar-refractivity contribution in [3.8, 4) is 0 Å². The van der Waals surface area contributed by atoms with Gasteiger partial charge >= 0.3 is 12.1 Å². The maximum atomic E-state index is 9.37. The summed E-state index contributed by atoms with van der Waals surface area (Å²) in [5.74, 6) is -0.745. The molecule has 0 aliphatic carbocycles. The number of nitrogens with one attached hydrogen (secondary N) is 2. The summed E-state index contributed by atoms with van der Waals surface area (Å²) < 4.78 is 0. The second-order valence-corrected chi connectivity index (χ2v) is 9.62. The minimum Gasteiger partial charge on any atom is -0.481 e. The third-order valence-electron chi connectivity index (χ3n) is 5.27. The van der Waals surface area contributed by atoms with E-state index in [2.05, 4.69) is 54.6 Å². The molecule has 0 bridgehead atoms. The van der Waals surface area contributed by atoms with Gasteiger partial charge in [0.05, 0.1) is 10.7 Å². The van der Waals surface area contributed by atoms with Crippen LogP contribution in [0.5, 0.6) is 0 Å². The number of hydrogen-bond donors (Lipinski definition) is 3. The maximum Gasteiger partial charge on any atom is 0.373 e. The minimum atomic E-state index is -0.745. The lowest BCUT2D eigenvalue weighted by Gasteiger charge is -2.18. The number of carboxylic acids is 1. The molecule has 0 saturated carbocycles. The summed E-state index contributed by atoms with van der Waals surface area (Å²) >= 11 is 6.49. The van der Waals surface area contributed by atoms with Crippen molar-refractivity contribution in [2.24, 2.45) is 5.41 Å². The first-order valence-corrected chi connectivity index (χ1v) is 11.9. The molecule has 0 unspecified atom stereocenters. The molecule has 2 heterocycles. The Kier molecular flexibility index (Phi) is 13.1. The molecule has 0 fully saturated rings. The molecule has 186 valence electrons. The van der Waals surface area contributed by atoms with Crippen molar-refractivity contribution >= 4 is 29.4 Å². The number of halogens is 1. The average Bonchev–Trinajstić information content (AvgIpc) is 3.04. The van der Waals surface area contributed by atoms with Crippen LogP contribution in [0.1, 0.15) is 62.9 Å². The van der Waals surface area contributed by atoms with Crippen molar-refractivity contribution < 1.29 is 19.5 Å². The predicted octanol–water partition coefficient (Wildman–Crippen LogP) is 4.91. The van der Waals surface area contributed by atoms with Crippen molar-refractivity contribution in [3.05, 3.63) is 57.9 Å². The van der Waals surface area contributed by atoms with E-state index in [1.165, 1.54) is 22.4 Å². The summed E-state index contributed by atoms with van der Waals surface area (Å²) in [6.45, 7) is 11.2. The standard InChI is InChI=1S/C22H30ClN3.C3H6O2.CO2/c1-22(2,3)11-8-18-6-4-16(14-25-18)15-26-21-19-10-13-24-12-9-17(19)5-7-20(21)23;1-2-3(4)5;2-1-3/h4-7,14,24,26H,8-13,15H2,1-3H3;2H2,1H3,(H,4,5);. The number of carbonyl (C=O) groups excluding carboxylic acids is 2. The van der Waals surface area contributed by atoms with Crippen molar-refractivity contribution in [3.63, 3.8) is 0 Å². The lowest BCUT2D eigenvalue weighted by Crippen LogP contribution is -2.16. The van der Waals surface area contributed by atoms with Gasteiger partial charge in [-0.05, 0) is 73.0 Å². The molecule has 1 aromatic carbocycles. The van der Waals surface area contributed by atoms with E-state index < -0.39 is 5.97 Å². The van der Waals surface area contributed by atoms with Crippen molar-refractivity contribution in [1.82, 2.24) is 10.3 Å². The Bertz CT molecular complexity index is 934. The van der Waals surface area contributed by atoms with E-state index in [-0.39, 0.29) is 12.6 Å². The molecule has 2 aromatic rings. The number of aromatic nitrogens is 1. The minimum absolute atomic E-state index is 0.222. The van der Waals surface area contributed by atoms with Crippen molar-refractivity contribution in [2.45, 2.75) is 66.3 Å². The van der Waals surface area contributed by atoms with Gasteiger partial charge in [-0.3, -0.25) is 9.78 Å². The molecule has 1 aliphatic heterocycles. The van der Waals surface area contributed by atoms with E-state index in [1.54, 1.807) is 6.92 Å². The third-order valence-corrected chi connectivity index (χ3v) is 5.59. The Morgan fingerprint density at radius 2 is 1.82 bits per heavy atom. The summed E-state index contributed by atoms with van der Waals surface area (Å²) in [6.07, 6.45) is 6.72. The van der Waals surface area contributed by atoms with Crippen molar-refractivity contribution in [2.75, 3.05) is 18.4 Å². The predicted molar refractivity (Wildman–Crippen MR) is 134 cm³/mol. The van der Waals surface area contributed by atoms with Gasteiger partial charge < -0.3 is 15.7 Å². The molecular weight excluding hydrogens is 454 g/mol. The first-order chi connectivity index (χ1) is 16.1. The van der Waals surface area contributed by atoms with Crippen LogP contribution in [0.3, 0.4) is 0 Å². The Morgan fingerprint density at radius 3 is 2.38 bits per heavy atom. The van der Waals surface area contributed by atoms with Gasteiger partial charge in [-0.2, -0.15) is 9.59 Å². The highest BCUT2D eigenvalue weighted by molar-refractivity contribution is 6.33. The monoisotopic (exact) mass is 489 g/mol. The molecule has 34 heavy (non-hydrogen) atoms. The second-order valence-electron chi connectivity index (χ2n) is 9.21. The van der Waals surface area contributed by atoms with Crippen LogP contribution in [0, 0.1) is 5.41 Å². The SMILES string of the molecule is CC(C)(C)CCc1ccc(CNc2c(Cl)ccc3c2CCNCC3)cn1.CCC(=O)O.O=C=O. The molecule has 0 atom stereocenters. The summed E-state index contributed by atoms with van der Waals surface area (Å²) in [5.41, 5.74) is 6.55. The molecule has 3 N–H and O–H groups in total. The molecule has 0 amide bonds. The quantitative estimate of drug-likeness (QED) is 0.528. The van der Waals surface area contributed by atoms with Crippen LogP contribution in [-0.2, 0) is 40.2 Å². The Hall–Kier alpha value is -2.73. The number of pyridine rings is 1. The zero-order chi connectivity index (χ0) is 25.6. The fourth-order valence-corrected chi connectivity index (χ4v) is 3.58. The van der Waals surface area contributed by atoms with Crippen LogP contribution in [0.15, 0.2) is 30.5 Å². The average molecular weight is 490 g/mol. The molecule has 0 radical (unpaired) electrons. The Labute approximate surface area is 207 Å². The number of benzene rings is 1. The number of nitrogens with zero attached hydrogens (tertiary/aromatic N) is 1.